The summed E-state index contributed by atoms with van der Waals surface area (Å²) < 4.78 is 40.0. The van der Waals surface area contributed by atoms with Crippen molar-refractivity contribution in [3.8, 4) is 28.4 Å². The molecule has 15 nitrogen and oxygen atoms in total. The van der Waals surface area contributed by atoms with Gasteiger partial charge in [0.25, 0.3) is 0 Å². The van der Waals surface area contributed by atoms with E-state index in [1.165, 1.54) is 11.4 Å². The number of benzene rings is 2. The highest BCUT2D eigenvalue weighted by atomic mass is 16.6. The highest BCUT2D eigenvalue weighted by Gasteiger charge is 2.24. The molecule has 0 aliphatic carbocycles. The van der Waals surface area contributed by atoms with Gasteiger partial charge >= 0.3 is 0 Å². The van der Waals surface area contributed by atoms with Crippen LogP contribution in [0.15, 0.2) is 48.3 Å². The van der Waals surface area contributed by atoms with E-state index in [4.69, 9.17) is 50.5 Å². The Kier molecular flexibility index (Phi) is 17.9. The van der Waals surface area contributed by atoms with Gasteiger partial charge in [-0.25, -0.2) is 5.84 Å². The topological polar surface area (TPSA) is 187 Å². The lowest BCUT2D eigenvalue weighted by Gasteiger charge is -2.29. The van der Waals surface area contributed by atoms with Gasteiger partial charge in [-0.15, -0.1) is 0 Å². The van der Waals surface area contributed by atoms with Crippen LogP contribution in [0.2, 0.25) is 0 Å². The van der Waals surface area contributed by atoms with Crippen LogP contribution in [0.5, 0.6) is 17.2 Å². The zero-order valence-electron chi connectivity index (χ0n) is 31.3. The fourth-order valence-corrected chi connectivity index (χ4v) is 6.04. The maximum Gasteiger partial charge on any atom is 0.243 e. The Morgan fingerprint density at radius 2 is 1.60 bits per heavy atom. The SMILES string of the molecule is CCC(=O)N1CCOc2c(cc(-c3ccc(OC/C(N)=C/N(N)CCOCCOCCOCCOCC(N)=O)cc3)cc2OCC2CCCN(C)C2)C1. The number of carbonyl (C=O) groups excluding carboxylic acids is 2. The van der Waals surface area contributed by atoms with Gasteiger partial charge in [-0.1, -0.05) is 19.1 Å². The fraction of sp³-hybridized carbons (Fsp3) is 0.579. The summed E-state index contributed by atoms with van der Waals surface area (Å²) in [5.41, 5.74) is 14.5. The highest BCUT2D eigenvalue weighted by molar-refractivity contribution is 5.77. The van der Waals surface area contributed by atoms with Crippen LogP contribution < -0.4 is 31.5 Å². The van der Waals surface area contributed by atoms with Crippen molar-refractivity contribution in [2.45, 2.75) is 32.7 Å². The Balaban J connectivity index is 1.22. The number of nitrogens with zero attached hydrogens (tertiary/aromatic N) is 3. The number of fused-ring (bicyclic) bond motifs is 1. The van der Waals surface area contributed by atoms with E-state index in [1.54, 1.807) is 6.20 Å². The smallest absolute Gasteiger partial charge is 0.243 e. The molecule has 4 rings (SSSR count). The molecule has 2 aliphatic rings. The summed E-state index contributed by atoms with van der Waals surface area (Å²) in [7, 11) is 2.15. The molecule has 1 atom stereocenters. The molecular weight excluding hydrogens is 684 g/mol. The summed E-state index contributed by atoms with van der Waals surface area (Å²) in [5.74, 6) is 8.21. The maximum absolute atomic E-state index is 12.7. The lowest BCUT2D eigenvalue weighted by Crippen LogP contribution is -2.34. The molecule has 2 aromatic rings. The predicted octanol–water partition coefficient (Wildman–Crippen LogP) is 2.11. The summed E-state index contributed by atoms with van der Waals surface area (Å²) in [6, 6.07) is 11.9. The van der Waals surface area contributed by atoms with E-state index in [2.05, 4.69) is 18.0 Å². The molecule has 1 fully saturated rings. The van der Waals surface area contributed by atoms with Crippen LogP contribution >= 0.6 is 0 Å². The van der Waals surface area contributed by atoms with Gasteiger partial charge in [0.15, 0.2) is 11.5 Å². The van der Waals surface area contributed by atoms with Gasteiger partial charge in [-0.3, -0.25) is 9.59 Å². The number of nitrogens with two attached hydrogens (primary N) is 3. The number of hydrogen-bond acceptors (Lipinski definition) is 13. The zero-order chi connectivity index (χ0) is 37.8. The zero-order valence-corrected chi connectivity index (χ0v) is 31.3. The number of ether oxygens (including phenoxy) is 7. The number of rotatable bonds is 23. The standard InChI is InChI=1S/C38H58N6O9/c1-3-37(46)43-11-14-51-38-32(24-43)21-31(22-35(38)53-26-29-5-4-10-42(2)23-29)30-6-8-34(9-7-30)52-27-33(39)25-44(41)12-13-47-15-16-48-17-18-49-19-20-50-28-36(40)45/h6-9,21-22,25,29H,3-5,10-20,23-24,26-28,39,41H2,1-2H3,(H2,40,45)/b33-25-. The third kappa shape index (κ3) is 15.0. The summed E-state index contributed by atoms with van der Waals surface area (Å²) in [6.45, 7) is 9.26. The van der Waals surface area contributed by atoms with Crippen LogP contribution in [0.4, 0.5) is 0 Å². The van der Waals surface area contributed by atoms with Crippen LogP contribution in [0, 0.1) is 5.92 Å². The van der Waals surface area contributed by atoms with E-state index in [1.807, 2.05) is 42.2 Å². The minimum absolute atomic E-state index is 0.101. The molecule has 2 aliphatic heterocycles. The molecule has 0 aromatic heterocycles. The largest absolute Gasteiger partial charge is 0.489 e. The molecule has 6 N–H and O–H groups in total. The molecule has 0 bridgehead atoms. The van der Waals surface area contributed by atoms with E-state index in [9.17, 15) is 9.59 Å². The van der Waals surface area contributed by atoms with Crippen molar-refractivity contribution in [1.29, 1.82) is 0 Å². The molecular formula is C38H58N6O9. The van der Waals surface area contributed by atoms with Crippen molar-refractivity contribution in [2.75, 3.05) is 106 Å². The Bertz CT molecular complexity index is 1440. The van der Waals surface area contributed by atoms with E-state index < -0.39 is 5.91 Å². The maximum atomic E-state index is 12.7. The average molecular weight is 743 g/mol. The van der Waals surface area contributed by atoms with Crippen LogP contribution in [0.1, 0.15) is 31.7 Å². The summed E-state index contributed by atoms with van der Waals surface area (Å²) in [4.78, 5) is 27.4. The number of piperidine rings is 1. The minimum Gasteiger partial charge on any atom is -0.489 e. The van der Waals surface area contributed by atoms with E-state index >= 15 is 0 Å². The molecule has 2 amide bonds. The first-order valence-corrected chi connectivity index (χ1v) is 18.4. The quantitative estimate of drug-likeness (QED) is 0.0855. The van der Waals surface area contributed by atoms with Gasteiger partial charge in [0.1, 0.15) is 25.6 Å². The van der Waals surface area contributed by atoms with Gasteiger partial charge in [-0.05, 0) is 61.8 Å². The second kappa shape index (κ2) is 22.8. The van der Waals surface area contributed by atoms with Crippen molar-refractivity contribution in [2.24, 2.45) is 23.2 Å². The number of likely N-dealkylation sites (tertiary alicyclic amines) is 1. The van der Waals surface area contributed by atoms with Crippen LogP contribution in [-0.4, -0.2) is 133 Å². The van der Waals surface area contributed by atoms with Crippen molar-refractivity contribution < 1.29 is 42.7 Å². The lowest BCUT2D eigenvalue weighted by atomic mass is 9.99. The molecule has 1 saturated heterocycles. The second-order valence-electron chi connectivity index (χ2n) is 13.2. The molecule has 15 heteroatoms. The first kappa shape index (κ1) is 41.6. The lowest BCUT2D eigenvalue weighted by molar-refractivity contribution is -0.131. The number of carbonyl (C=O) groups is 2. The second-order valence-corrected chi connectivity index (χ2v) is 13.2. The predicted molar refractivity (Wildman–Crippen MR) is 200 cm³/mol. The normalized spacial score (nSPS) is 16.4. The molecule has 2 aromatic carbocycles. The van der Waals surface area contributed by atoms with Gasteiger partial charge < -0.3 is 59.4 Å². The molecule has 294 valence electrons. The molecule has 53 heavy (non-hydrogen) atoms. The van der Waals surface area contributed by atoms with Crippen molar-refractivity contribution >= 4 is 11.8 Å². The Hall–Kier alpha value is -4.12. The average Bonchev–Trinajstić information content (AvgIpc) is 3.37. The molecule has 2 heterocycles. The van der Waals surface area contributed by atoms with E-state index in [0.717, 1.165) is 42.0 Å². The van der Waals surface area contributed by atoms with Crippen molar-refractivity contribution in [3.05, 3.63) is 53.9 Å². The number of hydrazine groups is 1. The van der Waals surface area contributed by atoms with Gasteiger partial charge in [0.2, 0.25) is 11.8 Å². The van der Waals surface area contributed by atoms with Gasteiger partial charge in [0.05, 0.1) is 71.6 Å². The number of hydrogen-bond donors (Lipinski definition) is 3. The highest BCUT2D eigenvalue weighted by Crippen LogP contribution is 2.39. The molecule has 0 spiro atoms. The summed E-state index contributed by atoms with van der Waals surface area (Å²) in [5, 5.41) is 1.46. The van der Waals surface area contributed by atoms with Crippen LogP contribution in [0.3, 0.4) is 0 Å². The Labute approximate surface area is 313 Å². The molecule has 0 saturated carbocycles. The van der Waals surface area contributed by atoms with Crippen LogP contribution in [-0.2, 0) is 35.1 Å². The van der Waals surface area contributed by atoms with Crippen LogP contribution in [0.25, 0.3) is 11.1 Å². The summed E-state index contributed by atoms with van der Waals surface area (Å²) in [6.07, 6.45) is 4.37. The third-order valence-corrected chi connectivity index (χ3v) is 8.73. The third-order valence-electron chi connectivity index (χ3n) is 8.73. The summed E-state index contributed by atoms with van der Waals surface area (Å²) >= 11 is 0. The van der Waals surface area contributed by atoms with E-state index in [0.29, 0.717) is 109 Å². The first-order valence-electron chi connectivity index (χ1n) is 18.4. The molecule has 1 unspecified atom stereocenters. The Morgan fingerprint density at radius 3 is 2.28 bits per heavy atom. The number of primary amides is 1. The van der Waals surface area contributed by atoms with Crippen molar-refractivity contribution in [3.63, 3.8) is 0 Å². The Morgan fingerprint density at radius 1 is 0.906 bits per heavy atom. The fourth-order valence-electron chi connectivity index (χ4n) is 6.04. The monoisotopic (exact) mass is 742 g/mol. The number of amides is 2. The molecule has 0 radical (unpaired) electrons. The first-order chi connectivity index (χ1) is 25.7. The minimum atomic E-state index is -0.508. The van der Waals surface area contributed by atoms with Gasteiger partial charge in [-0.2, -0.15) is 0 Å². The van der Waals surface area contributed by atoms with Gasteiger partial charge in [0, 0.05) is 37.2 Å². The van der Waals surface area contributed by atoms with E-state index in [-0.39, 0.29) is 19.1 Å². The van der Waals surface area contributed by atoms with Crippen molar-refractivity contribution in [1.82, 2.24) is 14.8 Å².